The van der Waals surface area contributed by atoms with E-state index in [2.05, 4.69) is 6.92 Å². The van der Waals surface area contributed by atoms with E-state index in [-0.39, 0.29) is 13.2 Å². The van der Waals surface area contributed by atoms with Crippen LogP contribution in [0.15, 0.2) is 30.3 Å². The van der Waals surface area contributed by atoms with Gasteiger partial charge < -0.3 is 9.47 Å². The zero-order valence-electron chi connectivity index (χ0n) is 14.9. The minimum Gasteiger partial charge on any atom is -0.491 e. The van der Waals surface area contributed by atoms with Crippen molar-refractivity contribution in [1.29, 1.82) is 0 Å². The molecule has 1 unspecified atom stereocenters. The van der Waals surface area contributed by atoms with Gasteiger partial charge in [0, 0.05) is 0 Å². The second kappa shape index (κ2) is 10.0. The van der Waals surface area contributed by atoms with Crippen molar-refractivity contribution < 1.29 is 22.4 Å². The summed E-state index contributed by atoms with van der Waals surface area (Å²) in [4.78, 5) is 0. The van der Waals surface area contributed by atoms with Crippen LogP contribution in [0.25, 0.3) is 0 Å². The highest BCUT2D eigenvalue weighted by molar-refractivity contribution is 7.86. The number of para-hydroxylation sites is 1. The molecule has 0 aliphatic heterocycles. The van der Waals surface area contributed by atoms with Gasteiger partial charge >= 0.3 is 0 Å². The molecule has 1 aromatic carbocycles. The SMILES string of the molecule is CCCCCC(C)(C)C(COCCOc1ccccc1)S(=O)(=O)O. The topological polar surface area (TPSA) is 72.8 Å². The molecular weight excluding hydrogens is 328 g/mol. The van der Waals surface area contributed by atoms with E-state index in [0.717, 1.165) is 31.4 Å². The Morgan fingerprint density at radius 3 is 2.38 bits per heavy atom. The van der Waals surface area contributed by atoms with Gasteiger partial charge in [-0.3, -0.25) is 4.55 Å². The molecule has 138 valence electrons. The largest absolute Gasteiger partial charge is 0.491 e. The highest BCUT2D eigenvalue weighted by atomic mass is 32.2. The molecule has 0 bridgehead atoms. The van der Waals surface area contributed by atoms with Crippen molar-refractivity contribution in [3.8, 4) is 5.75 Å². The van der Waals surface area contributed by atoms with Crippen LogP contribution in [0.5, 0.6) is 5.75 Å². The Hall–Kier alpha value is -1.11. The van der Waals surface area contributed by atoms with Crippen LogP contribution in [0.1, 0.15) is 46.5 Å². The fraction of sp³-hybridized carbons (Fsp3) is 0.667. The van der Waals surface area contributed by atoms with Gasteiger partial charge in [0.2, 0.25) is 0 Å². The normalized spacial score (nSPS) is 13.7. The molecule has 0 aliphatic rings. The standard InChI is InChI=1S/C18H30O5S/c1-4-5-9-12-18(2,3)17(24(19,20)21)15-22-13-14-23-16-10-7-6-8-11-16/h6-8,10-11,17H,4-5,9,12-15H2,1-3H3,(H,19,20,21). The van der Waals surface area contributed by atoms with Crippen molar-refractivity contribution in [1.82, 2.24) is 0 Å². The van der Waals surface area contributed by atoms with Gasteiger partial charge in [0.25, 0.3) is 10.1 Å². The van der Waals surface area contributed by atoms with E-state index >= 15 is 0 Å². The summed E-state index contributed by atoms with van der Waals surface area (Å²) in [5, 5.41) is -0.932. The molecule has 0 fully saturated rings. The van der Waals surface area contributed by atoms with E-state index < -0.39 is 20.8 Å². The van der Waals surface area contributed by atoms with E-state index in [4.69, 9.17) is 9.47 Å². The van der Waals surface area contributed by atoms with Gasteiger partial charge in [0.15, 0.2) is 0 Å². The van der Waals surface area contributed by atoms with Gasteiger partial charge in [-0.05, 0) is 24.0 Å². The number of rotatable bonds is 12. The Kier molecular flexibility index (Phi) is 8.73. The van der Waals surface area contributed by atoms with Crippen LogP contribution < -0.4 is 4.74 Å². The Balaban J connectivity index is 2.46. The van der Waals surface area contributed by atoms with Crippen molar-refractivity contribution in [3.63, 3.8) is 0 Å². The molecule has 6 heteroatoms. The molecule has 24 heavy (non-hydrogen) atoms. The lowest BCUT2D eigenvalue weighted by Gasteiger charge is -2.32. The molecule has 1 aromatic rings. The quantitative estimate of drug-likeness (QED) is 0.452. The van der Waals surface area contributed by atoms with Crippen molar-refractivity contribution in [2.24, 2.45) is 5.41 Å². The Labute approximate surface area is 146 Å². The molecular formula is C18H30O5S. The smallest absolute Gasteiger partial charge is 0.270 e. The number of hydrogen-bond acceptors (Lipinski definition) is 4. The lowest BCUT2D eigenvalue weighted by Crippen LogP contribution is -2.40. The molecule has 0 aliphatic carbocycles. The number of ether oxygens (including phenoxy) is 2. The van der Waals surface area contributed by atoms with Gasteiger partial charge in [-0.25, -0.2) is 0 Å². The summed E-state index contributed by atoms with van der Waals surface area (Å²) in [5.74, 6) is 0.743. The maximum Gasteiger partial charge on any atom is 0.270 e. The summed E-state index contributed by atoms with van der Waals surface area (Å²) in [6, 6.07) is 9.35. The first-order valence-electron chi connectivity index (χ1n) is 8.49. The van der Waals surface area contributed by atoms with Gasteiger partial charge in [-0.15, -0.1) is 0 Å². The van der Waals surface area contributed by atoms with Crippen LogP contribution in [0.3, 0.4) is 0 Å². The van der Waals surface area contributed by atoms with Crippen LogP contribution in [0.2, 0.25) is 0 Å². The Bertz CT molecular complexity index is 554. The minimum atomic E-state index is -4.16. The molecule has 0 spiro atoms. The predicted octanol–water partition coefficient (Wildman–Crippen LogP) is 3.94. The van der Waals surface area contributed by atoms with Crippen molar-refractivity contribution in [2.75, 3.05) is 19.8 Å². The number of benzene rings is 1. The highest BCUT2D eigenvalue weighted by Gasteiger charge is 2.38. The molecule has 0 heterocycles. The first-order valence-corrected chi connectivity index (χ1v) is 9.99. The summed E-state index contributed by atoms with van der Waals surface area (Å²) in [6.45, 7) is 6.40. The number of hydrogen-bond donors (Lipinski definition) is 1. The predicted molar refractivity (Wildman–Crippen MR) is 96.0 cm³/mol. The van der Waals surface area contributed by atoms with Crippen LogP contribution in [0.4, 0.5) is 0 Å². The minimum absolute atomic E-state index is 0.0316. The second-order valence-electron chi connectivity index (χ2n) is 6.69. The lowest BCUT2D eigenvalue weighted by atomic mass is 9.83. The second-order valence-corrected chi connectivity index (χ2v) is 8.28. The maximum absolute atomic E-state index is 11.7. The molecule has 0 saturated heterocycles. The van der Waals surface area contributed by atoms with Gasteiger partial charge in [0.05, 0.1) is 13.2 Å². The van der Waals surface area contributed by atoms with Gasteiger partial charge in [0.1, 0.15) is 17.6 Å². The molecule has 5 nitrogen and oxygen atoms in total. The van der Waals surface area contributed by atoms with Crippen LogP contribution in [-0.2, 0) is 14.9 Å². The summed E-state index contributed by atoms with van der Waals surface area (Å²) in [6.07, 6.45) is 3.79. The van der Waals surface area contributed by atoms with Crippen LogP contribution in [0, 0.1) is 5.41 Å². The van der Waals surface area contributed by atoms with Crippen molar-refractivity contribution in [2.45, 2.75) is 51.7 Å². The van der Waals surface area contributed by atoms with E-state index in [1.54, 1.807) is 0 Å². The van der Waals surface area contributed by atoms with Crippen LogP contribution in [-0.4, -0.2) is 38.0 Å². The van der Waals surface area contributed by atoms with E-state index in [1.807, 2.05) is 44.2 Å². The molecule has 0 radical (unpaired) electrons. The van der Waals surface area contributed by atoms with Crippen molar-refractivity contribution in [3.05, 3.63) is 30.3 Å². The third kappa shape index (κ3) is 7.64. The van der Waals surface area contributed by atoms with Crippen LogP contribution >= 0.6 is 0 Å². The monoisotopic (exact) mass is 358 g/mol. The highest BCUT2D eigenvalue weighted by Crippen LogP contribution is 2.32. The van der Waals surface area contributed by atoms with Gasteiger partial charge in [-0.1, -0.05) is 58.2 Å². The first-order chi connectivity index (χ1) is 11.3. The lowest BCUT2D eigenvalue weighted by molar-refractivity contribution is 0.0769. The average Bonchev–Trinajstić information content (AvgIpc) is 2.50. The summed E-state index contributed by atoms with van der Waals surface area (Å²) >= 11 is 0. The zero-order chi connectivity index (χ0) is 18.1. The Morgan fingerprint density at radius 1 is 1.12 bits per heavy atom. The fourth-order valence-electron chi connectivity index (χ4n) is 2.63. The summed E-state index contributed by atoms with van der Waals surface area (Å²) in [7, 11) is -4.16. The molecule has 0 amide bonds. The summed E-state index contributed by atoms with van der Waals surface area (Å²) in [5.41, 5.74) is -0.539. The molecule has 0 saturated carbocycles. The third-order valence-electron chi connectivity index (χ3n) is 4.16. The molecule has 1 rings (SSSR count). The summed E-state index contributed by atoms with van der Waals surface area (Å²) < 4.78 is 44.0. The fourth-order valence-corrected chi connectivity index (χ4v) is 3.82. The first kappa shape index (κ1) is 20.9. The third-order valence-corrected chi connectivity index (χ3v) is 5.66. The molecule has 1 atom stereocenters. The number of unbranched alkanes of at least 4 members (excludes halogenated alkanes) is 2. The maximum atomic E-state index is 11.7. The molecule has 0 aromatic heterocycles. The van der Waals surface area contributed by atoms with Gasteiger partial charge in [-0.2, -0.15) is 8.42 Å². The molecule has 1 N–H and O–H groups in total. The zero-order valence-corrected chi connectivity index (χ0v) is 15.7. The van der Waals surface area contributed by atoms with E-state index in [1.165, 1.54) is 0 Å². The van der Waals surface area contributed by atoms with Crippen molar-refractivity contribution >= 4 is 10.1 Å². The Morgan fingerprint density at radius 2 is 1.79 bits per heavy atom. The van der Waals surface area contributed by atoms with E-state index in [9.17, 15) is 13.0 Å². The average molecular weight is 358 g/mol. The van der Waals surface area contributed by atoms with E-state index in [0.29, 0.717) is 6.61 Å².